The van der Waals surface area contributed by atoms with Crippen LogP contribution in [-0.2, 0) is 0 Å². The van der Waals surface area contributed by atoms with Crippen molar-refractivity contribution in [1.82, 2.24) is 4.90 Å². The molecule has 11 heavy (non-hydrogen) atoms. The Morgan fingerprint density at radius 1 is 1.27 bits per heavy atom. The van der Waals surface area contributed by atoms with E-state index in [2.05, 4.69) is 25.9 Å². The van der Waals surface area contributed by atoms with Crippen molar-refractivity contribution in [2.45, 2.75) is 44.2 Å². The summed E-state index contributed by atoms with van der Waals surface area (Å²) in [6, 6.07) is 0.461. The Balaban J connectivity index is 2.48. The largest absolute Gasteiger partial charge is 0.328 e. The summed E-state index contributed by atoms with van der Waals surface area (Å²) >= 11 is 0. The van der Waals surface area contributed by atoms with Crippen molar-refractivity contribution in [2.24, 2.45) is 5.73 Å². The van der Waals surface area contributed by atoms with E-state index in [0.29, 0.717) is 11.6 Å². The van der Waals surface area contributed by atoms with E-state index in [4.69, 9.17) is 5.73 Å². The fraction of sp³-hybridized carbons (Fsp3) is 1.00. The number of nitrogens with two attached hydrogens (primary N) is 1. The number of hydrogen-bond donors (Lipinski definition) is 1. The quantitative estimate of drug-likeness (QED) is 0.618. The monoisotopic (exact) mass is 156 g/mol. The van der Waals surface area contributed by atoms with Gasteiger partial charge >= 0.3 is 0 Å². The number of rotatable bonds is 1. The van der Waals surface area contributed by atoms with Crippen molar-refractivity contribution >= 4 is 0 Å². The van der Waals surface area contributed by atoms with Crippen LogP contribution in [0.3, 0.4) is 0 Å². The van der Waals surface area contributed by atoms with Gasteiger partial charge in [0, 0.05) is 11.6 Å². The molecule has 0 bridgehead atoms. The van der Waals surface area contributed by atoms with E-state index >= 15 is 0 Å². The third kappa shape index (κ3) is 1.94. The summed E-state index contributed by atoms with van der Waals surface area (Å²) in [6.07, 6.45) is 4.88. The SMILES string of the molecule is CN(C)C1(C)CCC(N)CC1. The highest BCUT2D eigenvalue weighted by molar-refractivity contribution is 4.89. The fourth-order valence-electron chi connectivity index (χ4n) is 1.71. The maximum absolute atomic E-state index is 5.84. The van der Waals surface area contributed by atoms with Gasteiger partial charge in [-0.25, -0.2) is 0 Å². The van der Waals surface area contributed by atoms with Gasteiger partial charge in [0.05, 0.1) is 0 Å². The molecule has 0 radical (unpaired) electrons. The van der Waals surface area contributed by atoms with Crippen molar-refractivity contribution in [3.05, 3.63) is 0 Å². The van der Waals surface area contributed by atoms with Gasteiger partial charge in [0.15, 0.2) is 0 Å². The molecule has 0 unspecified atom stereocenters. The molecule has 1 aliphatic carbocycles. The van der Waals surface area contributed by atoms with Crippen LogP contribution >= 0.6 is 0 Å². The maximum Gasteiger partial charge on any atom is 0.0176 e. The van der Waals surface area contributed by atoms with E-state index < -0.39 is 0 Å². The van der Waals surface area contributed by atoms with Crippen LogP contribution in [0.15, 0.2) is 0 Å². The minimum atomic E-state index is 0.413. The Morgan fingerprint density at radius 2 is 1.73 bits per heavy atom. The molecular formula is C9H20N2. The van der Waals surface area contributed by atoms with Crippen molar-refractivity contribution in [3.8, 4) is 0 Å². The normalized spacial score (nSPS) is 39.5. The van der Waals surface area contributed by atoms with Gasteiger partial charge in [0.25, 0.3) is 0 Å². The molecule has 1 fully saturated rings. The van der Waals surface area contributed by atoms with Gasteiger partial charge in [0.2, 0.25) is 0 Å². The molecule has 0 heterocycles. The third-order valence-electron chi connectivity index (χ3n) is 3.19. The minimum absolute atomic E-state index is 0.413. The smallest absolute Gasteiger partial charge is 0.0176 e. The molecule has 0 aromatic rings. The topological polar surface area (TPSA) is 29.3 Å². The molecule has 2 heteroatoms. The number of nitrogens with zero attached hydrogens (tertiary/aromatic N) is 1. The van der Waals surface area contributed by atoms with Crippen LogP contribution in [-0.4, -0.2) is 30.6 Å². The van der Waals surface area contributed by atoms with Crippen LogP contribution in [0.25, 0.3) is 0 Å². The van der Waals surface area contributed by atoms with Crippen LogP contribution in [0.4, 0.5) is 0 Å². The fourth-order valence-corrected chi connectivity index (χ4v) is 1.71. The average Bonchev–Trinajstić information content (AvgIpc) is 1.95. The average molecular weight is 156 g/mol. The van der Waals surface area contributed by atoms with Crippen LogP contribution in [0.2, 0.25) is 0 Å². The predicted octanol–water partition coefficient (Wildman–Crippen LogP) is 1.21. The first-order valence-electron chi connectivity index (χ1n) is 4.47. The lowest BCUT2D eigenvalue weighted by Crippen LogP contribution is -2.46. The van der Waals surface area contributed by atoms with Crippen LogP contribution in [0.5, 0.6) is 0 Å². The molecule has 0 aromatic heterocycles. The number of hydrogen-bond acceptors (Lipinski definition) is 2. The zero-order chi connectivity index (χ0) is 8.48. The van der Waals surface area contributed by atoms with E-state index in [1.165, 1.54) is 25.7 Å². The van der Waals surface area contributed by atoms with Crippen LogP contribution in [0.1, 0.15) is 32.6 Å². The summed E-state index contributed by atoms with van der Waals surface area (Å²) in [5.74, 6) is 0. The Kier molecular flexibility index (Phi) is 2.55. The minimum Gasteiger partial charge on any atom is -0.328 e. The molecule has 2 N–H and O–H groups in total. The van der Waals surface area contributed by atoms with Crippen LogP contribution < -0.4 is 5.73 Å². The molecular weight excluding hydrogens is 136 g/mol. The molecule has 0 spiro atoms. The van der Waals surface area contributed by atoms with E-state index in [1.54, 1.807) is 0 Å². The van der Waals surface area contributed by atoms with E-state index in [0.717, 1.165) is 0 Å². The van der Waals surface area contributed by atoms with Crippen molar-refractivity contribution in [2.75, 3.05) is 14.1 Å². The highest BCUT2D eigenvalue weighted by Gasteiger charge is 2.31. The highest BCUT2D eigenvalue weighted by Crippen LogP contribution is 2.30. The highest BCUT2D eigenvalue weighted by atomic mass is 15.1. The first-order chi connectivity index (χ1) is 5.04. The summed E-state index contributed by atoms with van der Waals surface area (Å²) in [7, 11) is 4.33. The third-order valence-corrected chi connectivity index (χ3v) is 3.19. The molecule has 1 aliphatic rings. The molecule has 66 valence electrons. The molecule has 2 nitrogen and oxygen atoms in total. The predicted molar refractivity (Wildman–Crippen MR) is 48.5 cm³/mol. The van der Waals surface area contributed by atoms with E-state index in [9.17, 15) is 0 Å². The van der Waals surface area contributed by atoms with Gasteiger partial charge < -0.3 is 10.6 Å². The summed E-state index contributed by atoms with van der Waals surface area (Å²) in [5.41, 5.74) is 6.25. The zero-order valence-electron chi connectivity index (χ0n) is 7.93. The van der Waals surface area contributed by atoms with E-state index in [1.807, 2.05) is 0 Å². The van der Waals surface area contributed by atoms with Gasteiger partial charge in [-0.05, 0) is 46.7 Å². The Bertz CT molecular complexity index is 124. The summed E-state index contributed by atoms with van der Waals surface area (Å²) < 4.78 is 0. The van der Waals surface area contributed by atoms with Crippen molar-refractivity contribution in [1.29, 1.82) is 0 Å². The summed E-state index contributed by atoms with van der Waals surface area (Å²) in [6.45, 7) is 2.33. The molecule has 0 aromatic carbocycles. The zero-order valence-corrected chi connectivity index (χ0v) is 7.93. The van der Waals surface area contributed by atoms with Gasteiger partial charge in [0.1, 0.15) is 0 Å². The molecule has 0 saturated heterocycles. The first kappa shape index (κ1) is 9.01. The van der Waals surface area contributed by atoms with Gasteiger partial charge in [-0.15, -0.1) is 0 Å². The van der Waals surface area contributed by atoms with Crippen molar-refractivity contribution in [3.63, 3.8) is 0 Å². The summed E-state index contributed by atoms with van der Waals surface area (Å²) in [5, 5.41) is 0. The standard InChI is InChI=1S/C9H20N2/c1-9(11(2)3)6-4-8(10)5-7-9/h8H,4-7,10H2,1-3H3. The van der Waals surface area contributed by atoms with Crippen LogP contribution in [0, 0.1) is 0 Å². The van der Waals surface area contributed by atoms with Gasteiger partial charge in [-0.3, -0.25) is 0 Å². The Labute approximate surface area is 69.8 Å². The lowest BCUT2D eigenvalue weighted by molar-refractivity contribution is 0.113. The summed E-state index contributed by atoms with van der Waals surface area (Å²) in [4.78, 5) is 2.33. The lowest BCUT2D eigenvalue weighted by atomic mass is 9.80. The lowest BCUT2D eigenvalue weighted by Gasteiger charge is -2.41. The maximum atomic E-state index is 5.84. The second-order valence-corrected chi connectivity index (χ2v) is 4.23. The molecule has 1 saturated carbocycles. The molecule has 0 atom stereocenters. The van der Waals surface area contributed by atoms with E-state index in [-0.39, 0.29) is 0 Å². The second-order valence-electron chi connectivity index (χ2n) is 4.23. The Hall–Kier alpha value is -0.0800. The van der Waals surface area contributed by atoms with Crippen molar-refractivity contribution < 1.29 is 0 Å². The molecule has 0 amide bonds. The Morgan fingerprint density at radius 3 is 2.09 bits per heavy atom. The van der Waals surface area contributed by atoms with Gasteiger partial charge in [-0.2, -0.15) is 0 Å². The molecule has 0 aliphatic heterocycles. The molecule has 1 rings (SSSR count). The second kappa shape index (κ2) is 3.11. The van der Waals surface area contributed by atoms with Gasteiger partial charge in [-0.1, -0.05) is 0 Å². The first-order valence-corrected chi connectivity index (χ1v) is 4.47.